The van der Waals surface area contributed by atoms with Crippen molar-refractivity contribution in [2.24, 2.45) is 11.8 Å². The number of hydrogen-bond donors (Lipinski definition) is 5. The number of aryl methyl sites for hydroxylation is 1. The van der Waals surface area contributed by atoms with Gasteiger partial charge in [-0.3, -0.25) is 23.5 Å². The fraction of sp³-hybridized carbons (Fsp3) is 0.441. The predicted molar refractivity (Wildman–Crippen MR) is 190 cm³/mol. The van der Waals surface area contributed by atoms with Crippen LogP contribution in [0.4, 0.5) is 10.8 Å². The van der Waals surface area contributed by atoms with E-state index < -0.39 is 45.9 Å². The summed E-state index contributed by atoms with van der Waals surface area (Å²) in [6, 6.07) is 13.9. The Labute approximate surface area is 291 Å². The Morgan fingerprint density at radius 3 is 2.24 bits per heavy atom. The molecule has 0 spiro atoms. The molecule has 0 radical (unpaired) electrons. The van der Waals surface area contributed by atoms with Crippen molar-refractivity contribution in [3.05, 3.63) is 71.4 Å². The molecule has 1 heterocycles. The van der Waals surface area contributed by atoms with E-state index in [4.69, 9.17) is 0 Å². The van der Waals surface area contributed by atoms with Gasteiger partial charge < -0.3 is 26.4 Å². The van der Waals surface area contributed by atoms with Crippen molar-refractivity contribution < 1.29 is 32.7 Å². The van der Waals surface area contributed by atoms with Crippen LogP contribution in [-0.2, 0) is 31.0 Å². The second-order valence-corrected chi connectivity index (χ2v) is 15.6. The predicted octanol–water partition coefficient (Wildman–Crippen LogP) is 3.59. The molecule has 5 N–H and O–H groups in total. The van der Waals surface area contributed by atoms with Gasteiger partial charge in [0.25, 0.3) is 15.9 Å². The Bertz CT molecular complexity index is 1730. The Balaban J connectivity index is 1.66. The number of aliphatic hydroxyl groups is 1. The van der Waals surface area contributed by atoms with Gasteiger partial charge in [0.2, 0.25) is 17.7 Å². The lowest BCUT2D eigenvalue weighted by molar-refractivity contribution is -0.131. The van der Waals surface area contributed by atoms with Gasteiger partial charge in [-0.2, -0.15) is 0 Å². The van der Waals surface area contributed by atoms with Crippen LogP contribution in [0, 0.1) is 18.8 Å². The number of benzene rings is 2. The average molecular weight is 715 g/mol. The van der Waals surface area contributed by atoms with Crippen molar-refractivity contribution in [3.8, 4) is 0 Å². The van der Waals surface area contributed by atoms with Crippen LogP contribution in [0.2, 0.25) is 0 Å². The molecule has 1 aromatic heterocycles. The molecule has 3 rings (SSSR count). The van der Waals surface area contributed by atoms with E-state index in [1.807, 2.05) is 44.2 Å². The van der Waals surface area contributed by atoms with E-state index in [1.54, 1.807) is 26.0 Å². The number of carbonyl (C=O) groups is 4. The molecule has 0 bridgehead atoms. The maximum absolute atomic E-state index is 13.5. The van der Waals surface area contributed by atoms with Crippen molar-refractivity contribution in [3.63, 3.8) is 0 Å². The van der Waals surface area contributed by atoms with Crippen LogP contribution in [-0.4, -0.2) is 67.4 Å². The summed E-state index contributed by atoms with van der Waals surface area (Å²) < 4.78 is 27.9. The normalized spacial score (nSPS) is 13.9. The monoisotopic (exact) mass is 714 g/mol. The first-order valence-electron chi connectivity index (χ1n) is 15.9. The number of nitrogens with zero attached hydrogens (tertiary/aromatic N) is 2. The second kappa shape index (κ2) is 17.4. The molecule has 15 heteroatoms. The van der Waals surface area contributed by atoms with Crippen LogP contribution in [0.3, 0.4) is 0 Å². The van der Waals surface area contributed by atoms with Gasteiger partial charge >= 0.3 is 0 Å². The molecule has 0 saturated heterocycles. The summed E-state index contributed by atoms with van der Waals surface area (Å²) in [5, 5.41) is 22.2. The van der Waals surface area contributed by atoms with E-state index in [1.165, 1.54) is 33.0 Å². The SMILES string of the molecule is CC(=O)Nc1nc(C)c(S(=O)(=O)N(C)c2cccc(C(=O)N[C@@H](CC(C)C)[C@H](O)C[C@@H](C)C(=O)N[C@@H](C)C(=O)NCc3ccccc3)c2)s1. The summed E-state index contributed by atoms with van der Waals surface area (Å²) in [6.07, 6.45) is -0.653. The summed E-state index contributed by atoms with van der Waals surface area (Å²) >= 11 is 0.830. The van der Waals surface area contributed by atoms with E-state index in [0.717, 1.165) is 21.2 Å². The highest BCUT2D eigenvalue weighted by Gasteiger charge is 2.30. The number of nitrogens with one attached hydrogen (secondary N) is 4. The molecule has 0 unspecified atom stereocenters. The van der Waals surface area contributed by atoms with Gasteiger partial charge in [-0.25, -0.2) is 13.4 Å². The number of carbonyl (C=O) groups excluding carboxylic acids is 4. The molecule has 49 heavy (non-hydrogen) atoms. The summed E-state index contributed by atoms with van der Waals surface area (Å²) in [5.41, 5.74) is 1.54. The maximum Gasteiger partial charge on any atom is 0.275 e. The van der Waals surface area contributed by atoms with Gasteiger partial charge in [0, 0.05) is 32.0 Å². The molecule has 0 saturated carbocycles. The first-order chi connectivity index (χ1) is 23.0. The molecule has 266 valence electrons. The quantitative estimate of drug-likeness (QED) is 0.149. The van der Waals surface area contributed by atoms with Crippen LogP contribution in [0.1, 0.15) is 69.1 Å². The molecule has 2 aromatic carbocycles. The maximum atomic E-state index is 13.5. The average Bonchev–Trinajstić information content (AvgIpc) is 3.42. The number of thiazole rings is 1. The number of aromatic nitrogens is 1. The zero-order valence-electron chi connectivity index (χ0n) is 28.8. The van der Waals surface area contributed by atoms with E-state index in [0.29, 0.717) is 13.0 Å². The summed E-state index contributed by atoms with van der Waals surface area (Å²) in [5.74, 6) is -2.24. The zero-order chi connectivity index (χ0) is 36.5. The van der Waals surface area contributed by atoms with Gasteiger partial charge in [-0.05, 0) is 56.4 Å². The van der Waals surface area contributed by atoms with Gasteiger partial charge in [0.05, 0.1) is 23.5 Å². The van der Waals surface area contributed by atoms with E-state index in [2.05, 4.69) is 26.3 Å². The third-order valence-electron chi connectivity index (χ3n) is 7.71. The minimum Gasteiger partial charge on any atom is -0.391 e. The third kappa shape index (κ3) is 11.1. The highest BCUT2D eigenvalue weighted by molar-refractivity contribution is 7.94. The van der Waals surface area contributed by atoms with E-state index >= 15 is 0 Å². The number of sulfonamides is 1. The summed E-state index contributed by atoms with van der Waals surface area (Å²) in [7, 11) is -2.72. The molecule has 0 fully saturated rings. The van der Waals surface area contributed by atoms with Crippen LogP contribution in [0.15, 0.2) is 58.8 Å². The van der Waals surface area contributed by atoms with Crippen LogP contribution < -0.4 is 25.6 Å². The van der Waals surface area contributed by atoms with E-state index in [-0.39, 0.29) is 50.4 Å². The molecule has 4 amide bonds. The number of amides is 4. The van der Waals surface area contributed by atoms with Crippen molar-refractivity contribution >= 4 is 55.8 Å². The molecule has 4 atom stereocenters. The van der Waals surface area contributed by atoms with Gasteiger partial charge in [0.15, 0.2) is 9.34 Å². The zero-order valence-corrected chi connectivity index (χ0v) is 30.4. The Morgan fingerprint density at radius 1 is 0.939 bits per heavy atom. The fourth-order valence-corrected chi connectivity index (χ4v) is 7.80. The first-order valence-corrected chi connectivity index (χ1v) is 18.2. The smallest absolute Gasteiger partial charge is 0.275 e. The Kier molecular flexibility index (Phi) is 13.9. The van der Waals surface area contributed by atoms with Crippen molar-refractivity contribution in [1.29, 1.82) is 0 Å². The lowest BCUT2D eigenvalue weighted by Gasteiger charge is -2.28. The van der Waals surface area contributed by atoms with Crippen molar-refractivity contribution in [1.82, 2.24) is 20.9 Å². The number of aliphatic hydroxyl groups excluding tert-OH is 1. The topological polar surface area (TPSA) is 187 Å². The minimum atomic E-state index is -4.08. The number of rotatable bonds is 16. The molecule has 0 aliphatic heterocycles. The highest BCUT2D eigenvalue weighted by atomic mass is 32.2. The highest BCUT2D eigenvalue weighted by Crippen LogP contribution is 2.32. The fourth-order valence-electron chi connectivity index (χ4n) is 5.00. The Hall–Kier alpha value is -4.34. The van der Waals surface area contributed by atoms with Crippen LogP contribution in [0.25, 0.3) is 0 Å². The van der Waals surface area contributed by atoms with Crippen LogP contribution in [0.5, 0.6) is 0 Å². The van der Waals surface area contributed by atoms with Crippen molar-refractivity contribution in [2.75, 3.05) is 16.7 Å². The summed E-state index contributed by atoms with van der Waals surface area (Å²) in [4.78, 5) is 54.5. The standard InChI is InChI=1S/C34H46N6O7S2/c1-20(2)16-28(29(42)17-21(3)30(43)36-22(4)31(44)35-19-25-12-9-8-10-13-25)39-32(45)26-14-11-15-27(18-26)40(7)49(46,47)33-23(5)37-34(48-33)38-24(6)41/h8-15,18,20-22,28-29,42H,16-17,19H2,1-7H3,(H,35,44)(H,36,43)(H,39,45)(H,37,38,41)/t21-,22+,28+,29-/m1/s1. The Morgan fingerprint density at radius 2 is 1.61 bits per heavy atom. The van der Waals surface area contributed by atoms with Crippen molar-refractivity contribution in [2.45, 2.75) is 83.3 Å². The molecule has 0 aliphatic rings. The van der Waals surface area contributed by atoms with E-state index in [9.17, 15) is 32.7 Å². The molecule has 3 aromatic rings. The van der Waals surface area contributed by atoms with Gasteiger partial charge in [-0.15, -0.1) is 0 Å². The molecule has 13 nitrogen and oxygen atoms in total. The summed E-state index contributed by atoms with van der Waals surface area (Å²) in [6.45, 7) is 10.3. The second-order valence-electron chi connectivity index (χ2n) is 12.4. The van der Waals surface area contributed by atoms with Crippen LogP contribution >= 0.6 is 11.3 Å². The minimum absolute atomic E-state index is 0.0253. The lowest BCUT2D eigenvalue weighted by Crippen LogP contribution is -2.48. The molecule has 0 aliphatic carbocycles. The molecular formula is C34H46N6O7S2. The first kappa shape index (κ1) is 39.1. The number of hydrogen-bond acceptors (Lipinski definition) is 9. The molecular weight excluding hydrogens is 669 g/mol. The van der Waals surface area contributed by atoms with Gasteiger partial charge in [-0.1, -0.05) is 68.5 Å². The largest absolute Gasteiger partial charge is 0.391 e. The van der Waals surface area contributed by atoms with Gasteiger partial charge in [0.1, 0.15) is 6.04 Å². The number of anilines is 2. The third-order valence-corrected chi connectivity index (χ3v) is 11.2. The lowest BCUT2D eigenvalue weighted by atomic mass is 9.92.